The summed E-state index contributed by atoms with van der Waals surface area (Å²) in [6.07, 6.45) is -0.555. The van der Waals surface area contributed by atoms with Crippen molar-refractivity contribution in [3.8, 4) is 0 Å². The van der Waals surface area contributed by atoms with Gasteiger partial charge in [0.15, 0.2) is 0 Å². The van der Waals surface area contributed by atoms with Crippen molar-refractivity contribution in [1.82, 2.24) is 5.32 Å². The first-order valence-corrected chi connectivity index (χ1v) is 6.20. The highest BCUT2D eigenvalue weighted by molar-refractivity contribution is 6.30. The molecule has 0 radical (unpaired) electrons. The Kier molecular flexibility index (Phi) is 5.92. The predicted octanol–water partition coefficient (Wildman–Crippen LogP) is 1.98. The Hall–Kier alpha value is -0.610. The smallest absolute Gasteiger partial charge is 0.0914 e. The monoisotopic (exact) mass is 257 g/mol. The number of rotatable bonds is 6. The standard InChI is InChI=1S/C13H20ClNO2/c1-9(8-16)10(2)15-7-13(17)11-3-5-12(14)6-4-11/h3-6,9-10,13,15-17H,7-8H2,1-2H3. The zero-order valence-electron chi connectivity index (χ0n) is 10.2. The van der Waals surface area contributed by atoms with Gasteiger partial charge >= 0.3 is 0 Å². The van der Waals surface area contributed by atoms with E-state index in [1.807, 2.05) is 26.0 Å². The van der Waals surface area contributed by atoms with Crippen molar-refractivity contribution in [2.75, 3.05) is 13.2 Å². The SMILES string of the molecule is CC(CO)C(C)NCC(O)c1ccc(Cl)cc1. The van der Waals surface area contributed by atoms with Crippen LogP contribution in [0, 0.1) is 5.92 Å². The molecular formula is C13H20ClNO2. The van der Waals surface area contributed by atoms with Gasteiger partial charge in [-0.2, -0.15) is 0 Å². The predicted molar refractivity (Wildman–Crippen MR) is 70.1 cm³/mol. The molecule has 1 aromatic rings. The summed E-state index contributed by atoms with van der Waals surface area (Å²) in [7, 11) is 0. The lowest BCUT2D eigenvalue weighted by molar-refractivity contribution is 0.155. The molecule has 0 aliphatic heterocycles. The molecule has 0 aliphatic carbocycles. The van der Waals surface area contributed by atoms with Gasteiger partial charge < -0.3 is 15.5 Å². The van der Waals surface area contributed by atoms with Crippen LogP contribution in [-0.4, -0.2) is 29.4 Å². The number of aliphatic hydroxyl groups excluding tert-OH is 2. The molecule has 0 aromatic heterocycles. The molecule has 0 saturated carbocycles. The quantitative estimate of drug-likeness (QED) is 0.731. The van der Waals surface area contributed by atoms with Crippen LogP contribution in [-0.2, 0) is 0 Å². The average molecular weight is 258 g/mol. The molecule has 0 heterocycles. The highest BCUT2D eigenvalue weighted by Crippen LogP contribution is 2.16. The summed E-state index contributed by atoms with van der Waals surface area (Å²) in [5.41, 5.74) is 0.839. The number of hydrogen-bond acceptors (Lipinski definition) is 3. The second-order valence-corrected chi connectivity index (χ2v) is 4.86. The van der Waals surface area contributed by atoms with Crippen molar-refractivity contribution in [2.24, 2.45) is 5.92 Å². The highest BCUT2D eigenvalue weighted by atomic mass is 35.5. The summed E-state index contributed by atoms with van der Waals surface area (Å²) >= 11 is 5.78. The third kappa shape index (κ3) is 4.64. The van der Waals surface area contributed by atoms with Crippen LogP contribution in [0.3, 0.4) is 0 Å². The van der Waals surface area contributed by atoms with E-state index in [1.54, 1.807) is 12.1 Å². The lowest BCUT2D eigenvalue weighted by Gasteiger charge is -2.21. The summed E-state index contributed by atoms with van der Waals surface area (Å²) in [6.45, 7) is 4.57. The normalized spacial score (nSPS) is 16.5. The van der Waals surface area contributed by atoms with Crippen molar-refractivity contribution >= 4 is 11.6 Å². The van der Waals surface area contributed by atoms with Gasteiger partial charge in [-0.05, 0) is 30.5 Å². The first-order chi connectivity index (χ1) is 8.04. The van der Waals surface area contributed by atoms with Crippen molar-refractivity contribution in [1.29, 1.82) is 0 Å². The molecule has 3 N–H and O–H groups in total. The molecule has 1 aromatic carbocycles. The van der Waals surface area contributed by atoms with E-state index in [0.29, 0.717) is 11.6 Å². The minimum Gasteiger partial charge on any atom is -0.396 e. The van der Waals surface area contributed by atoms with E-state index in [4.69, 9.17) is 16.7 Å². The van der Waals surface area contributed by atoms with Gasteiger partial charge in [-0.15, -0.1) is 0 Å². The van der Waals surface area contributed by atoms with E-state index < -0.39 is 6.10 Å². The molecule has 0 spiro atoms. The molecule has 96 valence electrons. The maximum absolute atomic E-state index is 9.95. The molecule has 3 atom stereocenters. The van der Waals surface area contributed by atoms with Crippen molar-refractivity contribution < 1.29 is 10.2 Å². The van der Waals surface area contributed by atoms with Crippen LogP contribution >= 0.6 is 11.6 Å². The maximum atomic E-state index is 9.95. The largest absolute Gasteiger partial charge is 0.396 e. The molecular weight excluding hydrogens is 238 g/mol. The van der Waals surface area contributed by atoms with Crippen LogP contribution in [0.2, 0.25) is 5.02 Å². The van der Waals surface area contributed by atoms with Gasteiger partial charge in [0.1, 0.15) is 0 Å². The molecule has 3 unspecified atom stereocenters. The Morgan fingerprint density at radius 3 is 2.35 bits per heavy atom. The molecule has 0 bridgehead atoms. The van der Waals surface area contributed by atoms with Crippen LogP contribution in [0.5, 0.6) is 0 Å². The van der Waals surface area contributed by atoms with E-state index in [0.717, 1.165) is 5.56 Å². The van der Waals surface area contributed by atoms with Crippen LogP contribution in [0.25, 0.3) is 0 Å². The summed E-state index contributed by atoms with van der Waals surface area (Å²) < 4.78 is 0. The Morgan fingerprint density at radius 1 is 1.24 bits per heavy atom. The lowest BCUT2D eigenvalue weighted by atomic mass is 10.0. The average Bonchev–Trinajstić information content (AvgIpc) is 2.35. The Morgan fingerprint density at radius 2 is 1.82 bits per heavy atom. The molecule has 17 heavy (non-hydrogen) atoms. The van der Waals surface area contributed by atoms with Crippen LogP contribution in [0.4, 0.5) is 0 Å². The fourth-order valence-corrected chi connectivity index (χ4v) is 1.59. The first-order valence-electron chi connectivity index (χ1n) is 5.82. The zero-order chi connectivity index (χ0) is 12.8. The van der Waals surface area contributed by atoms with Crippen LogP contribution in [0.1, 0.15) is 25.5 Å². The molecule has 0 fully saturated rings. The summed E-state index contributed by atoms with van der Waals surface area (Å²) in [4.78, 5) is 0. The van der Waals surface area contributed by atoms with Crippen molar-refractivity contribution in [3.63, 3.8) is 0 Å². The molecule has 1 rings (SSSR count). The van der Waals surface area contributed by atoms with E-state index in [2.05, 4.69) is 5.32 Å². The van der Waals surface area contributed by atoms with Gasteiger partial charge in [-0.25, -0.2) is 0 Å². The van der Waals surface area contributed by atoms with Gasteiger partial charge in [0.05, 0.1) is 6.10 Å². The maximum Gasteiger partial charge on any atom is 0.0914 e. The van der Waals surface area contributed by atoms with Gasteiger partial charge in [0.2, 0.25) is 0 Å². The second kappa shape index (κ2) is 6.97. The minimum absolute atomic E-state index is 0.144. The third-order valence-corrected chi connectivity index (χ3v) is 3.28. The first kappa shape index (κ1) is 14.5. The van der Waals surface area contributed by atoms with E-state index >= 15 is 0 Å². The fourth-order valence-electron chi connectivity index (χ4n) is 1.46. The summed E-state index contributed by atoms with van der Waals surface area (Å²) in [6, 6.07) is 7.32. The van der Waals surface area contributed by atoms with E-state index in [-0.39, 0.29) is 18.6 Å². The minimum atomic E-state index is -0.555. The molecule has 4 heteroatoms. The Labute approximate surface area is 107 Å². The van der Waals surface area contributed by atoms with Gasteiger partial charge in [-0.1, -0.05) is 30.7 Å². The fraction of sp³-hybridized carbons (Fsp3) is 0.538. The van der Waals surface area contributed by atoms with E-state index in [9.17, 15) is 5.11 Å². The van der Waals surface area contributed by atoms with Gasteiger partial charge in [-0.3, -0.25) is 0 Å². The van der Waals surface area contributed by atoms with Crippen LogP contribution in [0.15, 0.2) is 24.3 Å². The zero-order valence-corrected chi connectivity index (χ0v) is 11.0. The highest BCUT2D eigenvalue weighted by Gasteiger charge is 2.13. The Bertz CT molecular complexity index is 329. The molecule has 0 aliphatic rings. The lowest BCUT2D eigenvalue weighted by Crippen LogP contribution is -2.36. The third-order valence-electron chi connectivity index (χ3n) is 3.03. The number of halogens is 1. The Balaban J connectivity index is 2.44. The number of nitrogens with one attached hydrogen (secondary N) is 1. The van der Waals surface area contributed by atoms with Crippen molar-refractivity contribution in [2.45, 2.75) is 26.0 Å². The summed E-state index contributed by atoms with van der Waals surface area (Å²) in [5.74, 6) is 0.174. The van der Waals surface area contributed by atoms with Crippen molar-refractivity contribution in [3.05, 3.63) is 34.9 Å². The topological polar surface area (TPSA) is 52.5 Å². The number of hydrogen-bond donors (Lipinski definition) is 3. The van der Waals surface area contributed by atoms with Gasteiger partial charge in [0, 0.05) is 24.2 Å². The van der Waals surface area contributed by atoms with E-state index in [1.165, 1.54) is 0 Å². The summed E-state index contributed by atoms with van der Waals surface area (Å²) in [5, 5.41) is 22.8. The number of aliphatic hydroxyl groups is 2. The second-order valence-electron chi connectivity index (χ2n) is 4.42. The molecule has 0 saturated heterocycles. The molecule has 0 amide bonds. The van der Waals surface area contributed by atoms with Crippen LogP contribution < -0.4 is 5.32 Å². The number of benzene rings is 1. The van der Waals surface area contributed by atoms with Gasteiger partial charge in [0.25, 0.3) is 0 Å². The molecule has 3 nitrogen and oxygen atoms in total.